The first-order valence-corrected chi connectivity index (χ1v) is 7.60. The predicted molar refractivity (Wildman–Crippen MR) is 76.1 cm³/mol. The highest BCUT2D eigenvalue weighted by atomic mass is 16.5. The minimum atomic E-state index is -0.400. The molecule has 0 aromatic carbocycles. The predicted octanol–water partition coefficient (Wildman–Crippen LogP) is 1.11. The molecule has 2 fully saturated rings. The SMILES string of the molecule is CN1CCN(C)C(c2noc(C3(N)CCCCC3)n2)C1. The van der Waals surface area contributed by atoms with Gasteiger partial charge >= 0.3 is 0 Å². The summed E-state index contributed by atoms with van der Waals surface area (Å²) in [5.74, 6) is 1.42. The summed E-state index contributed by atoms with van der Waals surface area (Å²) in [4.78, 5) is 9.24. The molecule has 6 nitrogen and oxygen atoms in total. The van der Waals surface area contributed by atoms with Crippen LogP contribution in [0.2, 0.25) is 0 Å². The van der Waals surface area contributed by atoms with Crippen molar-refractivity contribution < 1.29 is 4.52 Å². The maximum Gasteiger partial charge on any atom is 0.246 e. The summed E-state index contributed by atoms with van der Waals surface area (Å²) in [6.45, 7) is 3.05. The number of nitrogens with zero attached hydrogens (tertiary/aromatic N) is 4. The standard InChI is InChI=1S/C14H25N5O/c1-18-8-9-19(2)11(10-18)12-16-13(20-17-12)14(15)6-4-3-5-7-14/h11H,3-10,15H2,1-2H3. The minimum Gasteiger partial charge on any atom is -0.337 e. The smallest absolute Gasteiger partial charge is 0.246 e. The number of likely N-dealkylation sites (N-methyl/N-ethyl adjacent to an activating group) is 2. The van der Waals surface area contributed by atoms with Crippen LogP contribution in [0, 0.1) is 0 Å². The van der Waals surface area contributed by atoms with Crippen LogP contribution in [-0.2, 0) is 5.54 Å². The number of aromatic nitrogens is 2. The van der Waals surface area contributed by atoms with Crippen molar-refractivity contribution in [3.63, 3.8) is 0 Å². The van der Waals surface area contributed by atoms with E-state index in [4.69, 9.17) is 10.3 Å². The third-order valence-corrected chi connectivity index (χ3v) is 4.76. The third-order valence-electron chi connectivity index (χ3n) is 4.76. The molecule has 6 heteroatoms. The van der Waals surface area contributed by atoms with E-state index in [1.54, 1.807) is 0 Å². The Morgan fingerprint density at radius 3 is 2.70 bits per heavy atom. The molecular formula is C14H25N5O. The lowest BCUT2D eigenvalue weighted by Gasteiger charge is -2.35. The Labute approximate surface area is 120 Å². The van der Waals surface area contributed by atoms with Gasteiger partial charge in [-0.1, -0.05) is 24.4 Å². The molecule has 2 heterocycles. The second kappa shape index (κ2) is 5.42. The molecule has 3 rings (SSSR count). The van der Waals surface area contributed by atoms with Gasteiger partial charge in [-0.15, -0.1) is 0 Å². The van der Waals surface area contributed by atoms with E-state index in [1.807, 2.05) is 0 Å². The monoisotopic (exact) mass is 279 g/mol. The van der Waals surface area contributed by atoms with E-state index in [9.17, 15) is 0 Å². The van der Waals surface area contributed by atoms with Crippen molar-refractivity contribution in [1.29, 1.82) is 0 Å². The van der Waals surface area contributed by atoms with Gasteiger partial charge in [0.2, 0.25) is 5.89 Å². The molecular weight excluding hydrogens is 254 g/mol. The van der Waals surface area contributed by atoms with Crippen molar-refractivity contribution in [1.82, 2.24) is 19.9 Å². The molecule has 0 spiro atoms. The van der Waals surface area contributed by atoms with Crippen LogP contribution in [0.3, 0.4) is 0 Å². The van der Waals surface area contributed by atoms with Gasteiger partial charge in [-0.2, -0.15) is 4.98 Å². The van der Waals surface area contributed by atoms with Crippen molar-refractivity contribution >= 4 is 0 Å². The summed E-state index contributed by atoms with van der Waals surface area (Å²) in [7, 11) is 4.25. The number of rotatable bonds is 2. The lowest BCUT2D eigenvalue weighted by Crippen LogP contribution is -2.45. The van der Waals surface area contributed by atoms with Crippen LogP contribution in [0.25, 0.3) is 0 Å². The van der Waals surface area contributed by atoms with Gasteiger partial charge in [0.1, 0.15) is 0 Å². The first-order valence-electron chi connectivity index (χ1n) is 7.60. The largest absolute Gasteiger partial charge is 0.337 e. The third kappa shape index (κ3) is 2.60. The normalized spacial score (nSPS) is 28.6. The number of piperazine rings is 1. The Balaban J connectivity index is 1.79. The van der Waals surface area contributed by atoms with Crippen LogP contribution in [-0.4, -0.2) is 53.7 Å². The molecule has 1 saturated carbocycles. The highest BCUT2D eigenvalue weighted by Gasteiger charge is 2.37. The fourth-order valence-corrected chi connectivity index (χ4v) is 3.26. The Morgan fingerprint density at radius 1 is 1.20 bits per heavy atom. The highest BCUT2D eigenvalue weighted by molar-refractivity contribution is 5.06. The lowest BCUT2D eigenvalue weighted by atomic mass is 9.82. The molecule has 0 amide bonds. The summed E-state index contributed by atoms with van der Waals surface area (Å²) < 4.78 is 5.51. The van der Waals surface area contributed by atoms with E-state index in [-0.39, 0.29) is 6.04 Å². The van der Waals surface area contributed by atoms with Crippen molar-refractivity contribution in [2.45, 2.75) is 43.7 Å². The second-order valence-corrected chi connectivity index (χ2v) is 6.43. The molecule has 20 heavy (non-hydrogen) atoms. The van der Waals surface area contributed by atoms with Crippen LogP contribution in [0.5, 0.6) is 0 Å². The quantitative estimate of drug-likeness (QED) is 0.874. The second-order valence-electron chi connectivity index (χ2n) is 6.43. The Morgan fingerprint density at radius 2 is 1.95 bits per heavy atom. The van der Waals surface area contributed by atoms with Crippen LogP contribution < -0.4 is 5.73 Å². The molecule has 2 N–H and O–H groups in total. The van der Waals surface area contributed by atoms with Crippen LogP contribution in [0.1, 0.15) is 49.9 Å². The first kappa shape index (κ1) is 14.0. The number of hydrogen-bond donors (Lipinski definition) is 1. The van der Waals surface area contributed by atoms with Crippen molar-refractivity contribution in [2.75, 3.05) is 33.7 Å². The summed E-state index contributed by atoms with van der Waals surface area (Å²) in [6.07, 6.45) is 5.47. The molecule has 1 atom stereocenters. The molecule has 1 aromatic heterocycles. The van der Waals surface area contributed by atoms with Crippen LogP contribution in [0.15, 0.2) is 4.52 Å². The van der Waals surface area contributed by atoms with Crippen molar-refractivity contribution in [2.24, 2.45) is 5.73 Å². The molecule has 2 aliphatic rings. The van der Waals surface area contributed by atoms with Gasteiger partial charge in [-0.3, -0.25) is 4.90 Å². The maximum absolute atomic E-state index is 6.46. The fourth-order valence-electron chi connectivity index (χ4n) is 3.26. The minimum absolute atomic E-state index is 0.207. The maximum atomic E-state index is 6.46. The molecule has 1 aliphatic heterocycles. The van der Waals surface area contributed by atoms with E-state index >= 15 is 0 Å². The summed E-state index contributed by atoms with van der Waals surface area (Å²) in [6, 6.07) is 0.207. The van der Waals surface area contributed by atoms with Gasteiger partial charge in [0, 0.05) is 19.6 Å². The van der Waals surface area contributed by atoms with Gasteiger partial charge in [0.05, 0.1) is 11.6 Å². The highest BCUT2D eigenvalue weighted by Crippen LogP contribution is 2.34. The van der Waals surface area contributed by atoms with E-state index in [0.717, 1.165) is 51.1 Å². The van der Waals surface area contributed by atoms with E-state index < -0.39 is 5.54 Å². The zero-order valence-corrected chi connectivity index (χ0v) is 12.5. The molecule has 1 aromatic rings. The zero-order valence-electron chi connectivity index (χ0n) is 12.5. The molecule has 0 bridgehead atoms. The molecule has 1 unspecified atom stereocenters. The number of nitrogens with two attached hydrogens (primary N) is 1. The van der Waals surface area contributed by atoms with E-state index in [1.165, 1.54) is 6.42 Å². The Kier molecular flexibility index (Phi) is 3.79. The van der Waals surface area contributed by atoms with Crippen LogP contribution >= 0.6 is 0 Å². The van der Waals surface area contributed by atoms with Gasteiger partial charge in [0.25, 0.3) is 0 Å². The lowest BCUT2D eigenvalue weighted by molar-refractivity contribution is 0.108. The summed E-state index contributed by atoms with van der Waals surface area (Å²) >= 11 is 0. The van der Waals surface area contributed by atoms with Gasteiger partial charge in [-0.05, 0) is 26.9 Å². The molecule has 1 saturated heterocycles. The Bertz CT molecular complexity index is 454. The molecule has 1 aliphatic carbocycles. The van der Waals surface area contributed by atoms with Gasteiger partial charge in [-0.25, -0.2) is 0 Å². The average Bonchev–Trinajstić information content (AvgIpc) is 2.93. The first-order chi connectivity index (χ1) is 9.58. The van der Waals surface area contributed by atoms with Gasteiger partial charge in [0.15, 0.2) is 5.82 Å². The molecule has 0 radical (unpaired) electrons. The summed E-state index contributed by atoms with van der Waals surface area (Å²) in [5, 5.41) is 4.21. The fraction of sp³-hybridized carbons (Fsp3) is 0.857. The van der Waals surface area contributed by atoms with E-state index in [2.05, 4.69) is 34.0 Å². The van der Waals surface area contributed by atoms with Crippen molar-refractivity contribution in [3.05, 3.63) is 11.7 Å². The van der Waals surface area contributed by atoms with Crippen LogP contribution in [0.4, 0.5) is 0 Å². The zero-order chi connectivity index (χ0) is 14.2. The average molecular weight is 279 g/mol. The molecule has 112 valence electrons. The van der Waals surface area contributed by atoms with E-state index in [0.29, 0.717) is 5.89 Å². The summed E-state index contributed by atoms with van der Waals surface area (Å²) in [5.41, 5.74) is 6.06. The Hall–Kier alpha value is -0.980. The topological polar surface area (TPSA) is 71.4 Å². The van der Waals surface area contributed by atoms with Crippen molar-refractivity contribution in [3.8, 4) is 0 Å². The number of hydrogen-bond acceptors (Lipinski definition) is 6. The van der Waals surface area contributed by atoms with Gasteiger partial charge < -0.3 is 15.2 Å².